The fraction of sp³-hybridized carbons (Fsp3) is 0.286. The molecule has 0 radical (unpaired) electrons. The maximum Gasteiger partial charge on any atom is 0.231 e. The molecule has 2 aliphatic heterocycles. The van der Waals surface area contributed by atoms with Crippen molar-refractivity contribution in [3.8, 4) is 21.9 Å². The second-order valence-electron chi connectivity index (χ2n) is 7.23. The van der Waals surface area contributed by atoms with Crippen LogP contribution in [-0.2, 0) is 0 Å². The van der Waals surface area contributed by atoms with Gasteiger partial charge in [-0.1, -0.05) is 17.4 Å². The van der Waals surface area contributed by atoms with E-state index in [0.29, 0.717) is 5.82 Å². The number of anilines is 4. The summed E-state index contributed by atoms with van der Waals surface area (Å²) in [7, 11) is 2.17. The minimum atomic E-state index is 0.232. The maximum absolute atomic E-state index is 6.21. The molecule has 3 heterocycles. The fourth-order valence-electron chi connectivity index (χ4n) is 3.63. The lowest BCUT2D eigenvalue weighted by molar-refractivity contribution is 0.174. The summed E-state index contributed by atoms with van der Waals surface area (Å²) in [4.78, 5) is 10.2. The number of thiazole rings is 1. The van der Waals surface area contributed by atoms with E-state index in [1.165, 1.54) is 17.0 Å². The average Bonchev–Trinajstić information content (AvgIpc) is 3.35. The Labute approximate surface area is 173 Å². The van der Waals surface area contributed by atoms with Crippen molar-refractivity contribution in [3.63, 3.8) is 0 Å². The Kier molecular flexibility index (Phi) is 4.65. The van der Waals surface area contributed by atoms with E-state index in [2.05, 4.69) is 51.4 Å². The zero-order valence-electron chi connectivity index (χ0n) is 16.2. The van der Waals surface area contributed by atoms with Gasteiger partial charge in [0.05, 0.1) is 4.88 Å². The zero-order chi connectivity index (χ0) is 19.8. The zero-order valence-corrected chi connectivity index (χ0v) is 17.0. The monoisotopic (exact) mass is 409 g/mol. The number of nitrogens with zero attached hydrogens (tertiary/aromatic N) is 3. The van der Waals surface area contributed by atoms with Gasteiger partial charge in [0.2, 0.25) is 6.79 Å². The Hall–Kier alpha value is -2.97. The number of nitrogens with one attached hydrogen (secondary N) is 1. The van der Waals surface area contributed by atoms with Gasteiger partial charge in [0.15, 0.2) is 16.6 Å². The average molecular weight is 410 g/mol. The SMILES string of the molecule is CN1CCN(c2ccc(Nc3nc(N)c(-c4cccc5c4OCO5)s3)cc2)CC1. The Balaban J connectivity index is 1.33. The van der Waals surface area contributed by atoms with Crippen LogP contribution in [0.5, 0.6) is 11.5 Å². The molecule has 0 unspecified atom stereocenters. The molecule has 0 spiro atoms. The van der Waals surface area contributed by atoms with E-state index in [1.54, 1.807) is 0 Å². The molecule has 7 nitrogen and oxygen atoms in total. The van der Waals surface area contributed by atoms with Crippen LogP contribution in [0.25, 0.3) is 10.4 Å². The van der Waals surface area contributed by atoms with Gasteiger partial charge in [-0.3, -0.25) is 0 Å². The largest absolute Gasteiger partial charge is 0.454 e. The molecule has 3 aromatic rings. The number of piperazine rings is 1. The molecule has 0 saturated carbocycles. The molecule has 2 aromatic carbocycles. The number of rotatable bonds is 4. The quantitative estimate of drug-likeness (QED) is 0.682. The molecule has 0 bridgehead atoms. The van der Waals surface area contributed by atoms with Crippen molar-refractivity contribution in [1.82, 2.24) is 9.88 Å². The summed E-state index contributed by atoms with van der Waals surface area (Å²) < 4.78 is 11.1. The van der Waals surface area contributed by atoms with Crippen LogP contribution in [0, 0.1) is 0 Å². The molecule has 8 heteroatoms. The standard InChI is InChI=1S/C21H23N5O2S/c1-25-9-11-26(12-10-25)15-7-5-14(6-8-15)23-21-24-20(22)19(29-21)16-3-2-4-17-18(16)28-13-27-17/h2-8H,9-13,22H2,1H3,(H,23,24). The second kappa shape index (κ2) is 7.46. The van der Waals surface area contributed by atoms with Crippen molar-refractivity contribution >= 4 is 33.7 Å². The summed E-state index contributed by atoms with van der Waals surface area (Å²) in [5, 5.41) is 4.12. The summed E-state index contributed by atoms with van der Waals surface area (Å²) in [5.41, 5.74) is 9.35. The molecule has 2 aliphatic rings. The molecule has 0 amide bonds. The van der Waals surface area contributed by atoms with Gasteiger partial charge < -0.3 is 30.3 Å². The van der Waals surface area contributed by atoms with Crippen LogP contribution in [0.2, 0.25) is 0 Å². The van der Waals surface area contributed by atoms with E-state index in [9.17, 15) is 0 Å². The number of aromatic nitrogens is 1. The Morgan fingerprint density at radius 1 is 1.03 bits per heavy atom. The van der Waals surface area contributed by atoms with Crippen molar-refractivity contribution in [2.24, 2.45) is 0 Å². The van der Waals surface area contributed by atoms with Gasteiger partial charge in [0.25, 0.3) is 0 Å². The van der Waals surface area contributed by atoms with Gasteiger partial charge in [-0.25, -0.2) is 4.98 Å². The number of nitrogen functional groups attached to an aromatic ring is 1. The second-order valence-corrected chi connectivity index (χ2v) is 8.23. The smallest absolute Gasteiger partial charge is 0.231 e. The van der Waals surface area contributed by atoms with Gasteiger partial charge in [0, 0.05) is 43.1 Å². The molecule has 1 saturated heterocycles. The van der Waals surface area contributed by atoms with E-state index in [-0.39, 0.29) is 6.79 Å². The predicted molar refractivity (Wildman–Crippen MR) is 118 cm³/mol. The number of benzene rings is 2. The molecule has 0 atom stereocenters. The number of para-hydroxylation sites is 1. The van der Waals surface area contributed by atoms with Crippen LogP contribution in [0.1, 0.15) is 0 Å². The molecule has 0 aliphatic carbocycles. The van der Waals surface area contributed by atoms with Crippen LogP contribution in [0.15, 0.2) is 42.5 Å². The lowest BCUT2D eigenvalue weighted by Crippen LogP contribution is -2.44. The molecular formula is C21H23N5O2S. The molecule has 5 rings (SSSR count). The highest BCUT2D eigenvalue weighted by Crippen LogP contribution is 2.46. The Morgan fingerprint density at radius 2 is 1.83 bits per heavy atom. The van der Waals surface area contributed by atoms with Gasteiger partial charge in [-0.2, -0.15) is 0 Å². The summed E-state index contributed by atoms with van der Waals surface area (Å²) in [6, 6.07) is 14.3. The van der Waals surface area contributed by atoms with Gasteiger partial charge >= 0.3 is 0 Å². The first-order valence-corrected chi connectivity index (χ1v) is 10.4. The Bertz CT molecular complexity index is 1010. The van der Waals surface area contributed by atoms with Crippen molar-refractivity contribution < 1.29 is 9.47 Å². The molecule has 3 N–H and O–H groups in total. The normalized spacial score (nSPS) is 16.2. The molecular weight excluding hydrogens is 386 g/mol. The van der Waals surface area contributed by atoms with E-state index < -0.39 is 0 Å². The highest BCUT2D eigenvalue weighted by atomic mass is 32.1. The number of hydrogen-bond donors (Lipinski definition) is 2. The van der Waals surface area contributed by atoms with Gasteiger partial charge in [-0.15, -0.1) is 0 Å². The highest BCUT2D eigenvalue weighted by Gasteiger charge is 2.22. The topological polar surface area (TPSA) is 75.9 Å². The summed E-state index contributed by atoms with van der Waals surface area (Å²) >= 11 is 1.51. The van der Waals surface area contributed by atoms with Crippen LogP contribution in [0.4, 0.5) is 22.3 Å². The third kappa shape index (κ3) is 3.56. The van der Waals surface area contributed by atoms with Crippen LogP contribution in [0.3, 0.4) is 0 Å². The first kappa shape index (κ1) is 18.1. The van der Waals surface area contributed by atoms with Crippen LogP contribution in [-0.4, -0.2) is 49.9 Å². The minimum absolute atomic E-state index is 0.232. The van der Waals surface area contributed by atoms with E-state index in [1.807, 2.05) is 18.2 Å². The Morgan fingerprint density at radius 3 is 2.62 bits per heavy atom. The number of ether oxygens (including phenoxy) is 2. The van der Waals surface area contributed by atoms with Gasteiger partial charge in [0.1, 0.15) is 5.82 Å². The number of fused-ring (bicyclic) bond motifs is 1. The van der Waals surface area contributed by atoms with Crippen molar-refractivity contribution in [2.75, 3.05) is 56.0 Å². The summed E-state index contributed by atoms with van der Waals surface area (Å²) in [5.74, 6) is 1.95. The summed E-state index contributed by atoms with van der Waals surface area (Å²) in [6.45, 7) is 4.54. The third-order valence-corrected chi connectivity index (χ3v) is 6.30. The van der Waals surface area contributed by atoms with Crippen molar-refractivity contribution in [3.05, 3.63) is 42.5 Å². The lowest BCUT2D eigenvalue weighted by Gasteiger charge is -2.34. The van der Waals surface area contributed by atoms with Gasteiger partial charge in [-0.05, 0) is 43.4 Å². The van der Waals surface area contributed by atoms with Crippen LogP contribution < -0.4 is 25.4 Å². The third-order valence-electron chi connectivity index (χ3n) is 5.28. The van der Waals surface area contributed by atoms with Crippen molar-refractivity contribution in [2.45, 2.75) is 0 Å². The molecule has 29 heavy (non-hydrogen) atoms. The summed E-state index contributed by atoms with van der Waals surface area (Å²) in [6.07, 6.45) is 0. The number of likely N-dealkylation sites (N-methyl/N-ethyl adjacent to an activating group) is 1. The van der Waals surface area contributed by atoms with E-state index in [0.717, 1.165) is 58.9 Å². The maximum atomic E-state index is 6.21. The minimum Gasteiger partial charge on any atom is -0.454 e. The van der Waals surface area contributed by atoms with Crippen LogP contribution >= 0.6 is 11.3 Å². The molecule has 1 fully saturated rings. The first-order valence-electron chi connectivity index (χ1n) is 9.63. The molecule has 150 valence electrons. The van der Waals surface area contributed by atoms with E-state index in [4.69, 9.17) is 15.2 Å². The lowest BCUT2D eigenvalue weighted by atomic mass is 10.1. The van der Waals surface area contributed by atoms with Crippen molar-refractivity contribution in [1.29, 1.82) is 0 Å². The van der Waals surface area contributed by atoms with E-state index >= 15 is 0 Å². The number of hydrogen-bond acceptors (Lipinski definition) is 8. The number of nitrogens with two attached hydrogens (primary N) is 1. The predicted octanol–water partition coefficient (Wildman–Crippen LogP) is 3.62. The highest BCUT2D eigenvalue weighted by molar-refractivity contribution is 7.19. The fourth-order valence-corrected chi connectivity index (χ4v) is 4.56. The molecule has 1 aromatic heterocycles. The first-order chi connectivity index (χ1) is 14.2.